The molecule has 0 amide bonds. The Labute approximate surface area is 114 Å². The number of anilines is 1. The first-order valence-corrected chi connectivity index (χ1v) is 6.04. The molecule has 0 bridgehead atoms. The summed E-state index contributed by atoms with van der Waals surface area (Å²) in [5, 5.41) is 17.4. The average Bonchev–Trinajstić information content (AvgIpc) is 2.83. The molecule has 1 heterocycles. The summed E-state index contributed by atoms with van der Waals surface area (Å²) in [5.74, 6) is 1.10. The number of non-ortho nitro benzene ring substituents is 1. The molecule has 0 fully saturated rings. The lowest BCUT2D eigenvalue weighted by atomic mass is 10.1. The zero-order valence-electron chi connectivity index (χ0n) is 11.1. The van der Waals surface area contributed by atoms with Gasteiger partial charge in [-0.1, -0.05) is 5.16 Å². The number of rotatable bonds is 6. The van der Waals surface area contributed by atoms with Crippen LogP contribution in [0.2, 0.25) is 0 Å². The zero-order chi connectivity index (χ0) is 14.5. The number of hydrogen-bond donors (Lipinski definition) is 1. The molecule has 0 unspecified atom stereocenters. The van der Waals surface area contributed by atoms with E-state index in [9.17, 15) is 10.1 Å². The molecule has 8 heteroatoms. The number of ether oxygens (including phenoxy) is 1. The van der Waals surface area contributed by atoms with Crippen molar-refractivity contribution in [2.24, 2.45) is 0 Å². The highest BCUT2D eigenvalue weighted by Gasteiger charge is 2.12. The maximum atomic E-state index is 10.8. The minimum atomic E-state index is -0.448. The fourth-order valence-corrected chi connectivity index (χ4v) is 1.65. The van der Waals surface area contributed by atoms with E-state index in [-0.39, 0.29) is 11.7 Å². The Bertz CT molecular complexity index is 611. The van der Waals surface area contributed by atoms with Crippen molar-refractivity contribution in [3.63, 3.8) is 0 Å². The number of aryl methyl sites for hydroxylation is 1. The molecular weight excluding hydrogens is 264 g/mol. The zero-order valence-corrected chi connectivity index (χ0v) is 11.1. The summed E-state index contributed by atoms with van der Waals surface area (Å²) < 4.78 is 10.4. The van der Waals surface area contributed by atoms with Gasteiger partial charge in [0.05, 0.1) is 11.5 Å². The van der Waals surface area contributed by atoms with Crippen LogP contribution in [0.3, 0.4) is 0 Å². The Morgan fingerprint density at radius 2 is 2.30 bits per heavy atom. The van der Waals surface area contributed by atoms with Crippen molar-refractivity contribution in [3.05, 3.63) is 39.7 Å². The second-order valence-electron chi connectivity index (χ2n) is 3.98. The van der Waals surface area contributed by atoms with Gasteiger partial charge in [-0.05, 0) is 19.9 Å². The van der Waals surface area contributed by atoms with Crippen LogP contribution in [-0.2, 0) is 6.54 Å². The third-order valence-corrected chi connectivity index (χ3v) is 2.51. The Morgan fingerprint density at radius 1 is 1.50 bits per heavy atom. The number of nitrogens with zero attached hydrogens (tertiary/aromatic N) is 3. The second-order valence-corrected chi connectivity index (χ2v) is 3.98. The molecule has 1 aromatic heterocycles. The number of nitro benzene ring substituents is 1. The van der Waals surface area contributed by atoms with Gasteiger partial charge in [0.25, 0.3) is 5.69 Å². The van der Waals surface area contributed by atoms with Gasteiger partial charge in [-0.15, -0.1) is 0 Å². The lowest BCUT2D eigenvalue weighted by molar-refractivity contribution is -0.384. The normalized spacial score (nSPS) is 10.3. The van der Waals surface area contributed by atoms with E-state index in [4.69, 9.17) is 9.26 Å². The van der Waals surface area contributed by atoms with E-state index in [0.29, 0.717) is 30.3 Å². The van der Waals surface area contributed by atoms with E-state index in [1.54, 1.807) is 13.0 Å². The van der Waals surface area contributed by atoms with E-state index >= 15 is 0 Å². The van der Waals surface area contributed by atoms with Crippen LogP contribution in [0.15, 0.2) is 22.7 Å². The van der Waals surface area contributed by atoms with E-state index in [1.807, 2.05) is 6.92 Å². The highest BCUT2D eigenvalue weighted by Crippen LogP contribution is 2.25. The number of nitrogens with one attached hydrogen (secondary N) is 1. The molecule has 1 aromatic carbocycles. The van der Waals surface area contributed by atoms with Crippen molar-refractivity contribution in [1.82, 2.24) is 10.1 Å². The predicted octanol–water partition coefficient (Wildman–Crippen LogP) is 2.30. The first kappa shape index (κ1) is 13.8. The minimum absolute atomic E-state index is 0.00645. The summed E-state index contributed by atoms with van der Waals surface area (Å²) in [7, 11) is 0. The Hall–Kier alpha value is -2.64. The highest BCUT2D eigenvalue weighted by atomic mass is 16.6. The van der Waals surface area contributed by atoms with Gasteiger partial charge in [-0.25, -0.2) is 0 Å². The van der Waals surface area contributed by atoms with Gasteiger partial charge in [0, 0.05) is 24.2 Å². The third-order valence-electron chi connectivity index (χ3n) is 2.51. The molecule has 0 aliphatic carbocycles. The topological polar surface area (TPSA) is 103 Å². The van der Waals surface area contributed by atoms with Gasteiger partial charge in [0.2, 0.25) is 0 Å². The van der Waals surface area contributed by atoms with Gasteiger partial charge >= 0.3 is 6.01 Å². The van der Waals surface area contributed by atoms with Gasteiger partial charge in [0.1, 0.15) is 5.75 Å². The largest absolute Gasteiger partial charge is 0.494 e. The maximum absolute atomic E-state index is 10.8. The van der Waals surface area contributed by atoms with E-state index in [1.165, 1.54) is 12.1 Å². The molecule has 106 valence electrons. The molecule has 0 spiro atoms. The summed E-state index contributed by atoms with van der Waals surface area (Å²) >= 11 is 0. The number of nitro groups is 1. The molecule has 0 saturated carbocycles. The van der Waals surface area contributed by atoms with Crippen LogP contribution in [0.5, 0.6) is 5.75 Å². The Morgan fingerprint density at radius 3 is 2.90 bits per heavy atom. The maximum Gasteiger partial charge on any atom is 0.321 e. The molecule has 0 atom stereocenters. The number of aromatic nitrogens is 2. The lowest BCUT2D eigenvalue weighted by Crippen LogP contribution is -2.04. The molecule has 0 aliphatic rings. The molecule has 8 nitrogen and oxygen atoms in total. The quantitative estimate of drug-likeness (QED) is 0.638. The first-order chi connectivity index (χ1) is 9.60. The fraction of sp³-hybridized carbons (Fsp3) is 0.333. The Kier molecular flexibility index (Phi) is 4.14. The van der Waals surface area contributed by atoms with Crippen molar-refractivity contribution >= 4 is 11.7 Å². The van der Waals surface area contributed by atoms with Crippen LogP contribution in [0.4, 0.5) is 11.7 Å². The van der Waals surface area contributed by atoms with Crippen LogP contribution in [0.1, 0.15) is 18.3 Å². The van der Waals surface area contributed by atoms with E-state index < -0.39 is 4.92 Å². The summed E-state index contributed by atoms with van der Waals surface area (Å²) in [4.78, 5) is 14.4. The molecule has 0 radical (unpaired) electrons. The van der Waals surface area contributed by atoms with E-state index in [0.717, 1.165) is 0 Å². The van der Waals surface area contributed by atoms with E-state index in [2.05, 4.69) is 15.5 Å². The van der Waals surface area contributed by atoms with Crippen LogP contribution in [0, 0.1) is 17.0 Å². The molecule has 0 aliphatic heterocycles. The molecule has 2 aromatic rings. The fourth-order valence-electron chi connectivity index (χ4n) is 1.65. The third kappa shape index (κ3) is 3.22. The van der Waals surface area contributed by atoms with Gasteiger partial charge in [0.15, 0.2) is 5.82 Å². The van der Waals surface area contributed by atoms with Gasteiger partial charge < -0.3 is 14.6 Å². The number of benzene rings is 1. The molecular formula is C12H14N4O4. The predicted molar refractivity (Wildman–Crippen MR) is 70.6 cm³/mol. The smallest absolute Gasteiger partial charge is 0.321 e. The van der Waals surface area contributed by atoms with Crippen LogP contribution >= 0.6 is 0 Å². The van der Waals surface area contributed by atoms with Gasteiger partial charge in [-0.3, -0.25) is 10.1 Å². The van der Waals surface area contributed by atoms with Crippen molar-refractivity contribution in [2.45, 2.75) is 20.4 Å². The number of hydrogen-bond acceptors (Lipinski definition) is 7. The standard InChI is InChI=1S/C12H14N4O4/c1-3-19-11-5-4-10(16(17)18)6-9(11)7-13-12-14-8(2)15-20-12/h4-6H,3,7H2,1-2H3,(H,13,14,15). The molecule has 2 rings (SSSR count). The van der Waals surface area contributed by atoms with Crippen molar-refractivity contribution in [1.29, 1.82) is 0 Å². The molecule has 0 saturated heterocycles. The molecule has 1 N–H and O–H groups in total. The van der Waals surface area contributed by atoms with Crippen molar-refractivity contribution in [2.75, 3.05) is 11.9 Å². The monoisotopic (exact) mass is 278 g/mol. The van der Waals surface area contributed by atoms with Crippen molar-refractivity contribution < 1.29 is 14.2 Å². The molecule has 20 heavy (non-hydrogen) atoms. The summed E-state index contributed by atoms with van der Waals surface area (Å²) in [6.45, 7) is 4.32. The van der Waals surface area contributed by atoms with Crippen LogP contribution < -0.4 is 10.1 Å². The van der Waals surface area contributed by atoms with Crippen LogP contribution in [-0.4, -0.2) is 21.7 Å². The van der Waals surface area contributed by atoms with Crippen LogP contribution in [0.25, 0.3) is 0 Å². The SMILES string of the molecule is CCOc1ccc([N+](=O)[O-])cc1CNc1nc(C)no1. The second kappa shape index (κ2) is 6.00. The minimum Gasteiger partial charge on any atom is -0.494 e. The summed E-state index contributed by atoms with van der Waals surface area (Å²) in [5.41, 5.74) is 0.656. The van der Waals surface area contributed by atoms with Gasteiger partial charge in [-0.2, -0.15) is 4.98 Å². The highest BCUT2D eigenvalue weighted by molar-refractivity contribution is 5.45. The van der Waals surface area contributed by atoms with Crippen molar-refractivity contribution in [3.8, 4) is 5.75 Å². The average molecular weight is 278 g/mol. The first-order valence-electron chi connectivity index (χ1n) is 6.04. The lowest BCUT2D eigenvalue weighted by Gasteiger charge is -2.09. The summed E-state index contributed by atoms with van der Waals surface area (Å²) in [6.07, 6.45) is 0. The Balaban J connectivity index is 2.18. The summed E-state index contributed by atoms with van der Waals surface area (Å²) in [6, 6.07) is 4.71.